The highest BCUT2D eigenvalue weighted by Gasteiger charge is 2.40. The van der Waals surface area contributed by atoms with Crippen molar-refractivity contribution in [2.24, 2.45) is 0 Å². The molecule has 1 atom stereocenters. The fourth-order valence-electron chi connectivity index (χ4n) is 4.44. The maximum absolute atomic E-state index is 3.98. The standard InChI is InChI=1S/C20H23N.ClH/c1-2-7-19-17-11-10-15-8-3-4-9-16(15)18(17)14-20(21-19)12-5-6-13-20;/h2-4,8-11,19,21H,1,5-7,12-14H2;1H. The molecule has 4 rings (SSSR count). The molecule has 2 aromatic carbocycles. The van der Waals surface area contributed by atoms with Crippen LogP contribution in [0.5, 0.6) is 0 Å². The number of fused-ring (bicyclic) bond motifs is 3. The highest BCUT2D eigenvalue weighted by molar-refractivity contribution is 5.87. The first-order valence-electron chi connectivity index (χ1n) is 8.20. The van der Waals surface area contributed by atoms with Gasteiger partial charge >= 0.3 is 0 Å². The molecule has 1 fully saturated rings. The smallest absolute Gasteiger partial charge is 0.0362 e. The molecule has 1 N–H and O–H groups in total. The minimum atomic E-state index is 0. The Morgan fingerprint density at radius 3 is 2.68 bits per heavy atom. The van der Waals surface area contributed by atoms with E-state index in [1.807, 2.05) is 0 Å². The lowest BCUT2D eigenvalue weighted by molar-refractivity contribution is 0.268. The number of hydrogen-bond donors (Lipinski definition) is 1. The van der Waals surface area contributed by atoms with Crippen molar-refractivity contribution in [1.29, 1.82) is 0 Å². The van der Waals surface area contributed by atoms with Crippen molar-refractivity contribution in [3.05, 3.63) is 60.2 Å². The van der Waals surface area contributed by atoms with Crippen LogP contribution in [-0.2, 0) is 6.42 Å². The third-order valence-electron chi connectivity index (χ3n) is 5.41. The quantitative estimate of drug-likeness (QED) is 0.738. The number of rotatable bonds is 2. The predicted molar refractivity (Wildman–Crippen MR) is 96.8 cm³/mol. The average molecular weight is 314 g/mol. The summed E-state index contributed by atoms with van der Waals surface area (Å²) < 4.78 is 0. The van der Waals surface area contributed by atoms with E-state index in [1.165, 1.54) is 48.4 Å². The van der Waals surface area contributed by atoms with Crippen LogP contribution in [0.3, 0.4) is 0 Å². The molecule has 1 saturated carbocycles. The second-order valence-corrected chi connectivity index (χ2v) is 6.74. The molecular weight excluding hydrogens is 290 g/mol. The van der Waals surface area contributed by atoms with Crippen molar-refractivity contribution < 1.29 is 0 Å². The van der Waals surface area contributed by atoms with Gasteiger partial charge in [0.2, 0.25) is 0 Å². The normalized spacial score (nSPS) is 22.3. The molecule has 1 unspecified atom stereocenters. The zero-order valence-corrected chi connectivity index (χ0v) is 13.8. The third kappa shape index (κ3) is 2.47. The van der Waals surface area contributed by atoms with E-state index in [2.05, 4.69) is 54.4 Å². The Hall–Kier alpha value is -1.31. The lowest BCUT2D eigenvalue weighted by atomic mass is 9.77. The molecule has 0 amide bonds. The molecule has 1 aliphatic heterocycles. The van der Waals surface area contributed by atoms with E-state index in [1.54, 1.807) is 5.56 Å². The Morgan fingerprint density at radius 2 is 1.91 bits per heavy atom. The SMILES string of the molecule is C=CCC1NC2(CCCC2)Cc2c1ccc1ccccc21.Cl. The van der Waals surface area contributed by atoms with Gasteiger partial charge in [-0.25, -0.2) is 0 Å². The molecule has 0 saturated heterocycles. The monoisotopic (exact) mass is 313 g/mol. The summed E-state index contributed by atoms with van der Waals surface area (Å²) in [5, 5.41) is 6.81. The zero-order chi connectivity index (χ0) is 14.3. The molecule has 1 heterocycles. The van der Waals surface area contributed by atoms with E-state index >= 15 is 0 Å². The molecule has 0 aromatic heterocycles. The minimum absolute atomic E-state index is 0. The van der Waals surface area contributed by atoms with Gasteiger partial charge in [0.05, 0.1) is 0 Å². The summed E-state index contributed by atoms with van der Waals surface area (Å²) in [4.78, 5) is 0. The van der Waals surface area contributed by atoms with Crippen LogP contribution in [0.1, 0.15) is 49.3 Å². The van der Waals surface area contributed by atoms with Gasteiger partial charge in [-0.1, -0.05) is 55.3 Å². The van der Waals surface area contributed by atoms with E-state index in [9.17, 15) is 0 Å². The highest BCUT2D eigenvalue weighted by atomic mass is 35.5. The Bertz CT molecular complexity index is 685. The largest absolute Gasteiger partial charge is 0.304 e. The molecule has 116 valence electrons. The molecule has 2 heteroatoms. The van der Waals surface area contributed by atoms with Crippen LogP contribution in [0.4, 0.5) is 0 Å². The molecule has 2 aliphatic rings. The Labute approximate surface area is 139 Å². The maximum Gasteiger partial charge on any atom is 0.0362 e. The van der Waals surface area contributed by atoms with E-state index in [4.69, 9.17) is 0 Å². The number of nitrogens with one attached hydrogen (secondary N) is 1. The lowest BCUT2D eigenvalue weighted by Gasteiger charge is -2.41. The zero-order valence-electron chi connectivity index (χ0n) is 13.0. The van der Waals surface area contributed by atoms with Gasteiger partial charge in [-0.15, -0.1) is 19.0 Å². The van der Waals surface area contributed by atoms with E-state index in [0.29, 0.717) is 11.6 Å². The Balaban J connectivity index is 0.00000144. The Morgan fingerprint density at radius 1 is 1.14 bits per heavy atom. The van der Waals surface area contributed by atoms with Crippen molar-refractivity contribution in [3.8, 4) is 0 Å². The molecule has 1 nitrogen and oxygen atoms in total. The van der Waals surface area contributed by atoms with Crippen LogP contribution < -0.4 is 5.32 Å². The van der Waals surface area contributed by atoms with Gasteiger partial charge in [0.25, 0.3) is 0 Å². The molecule has 1 spiro atoms. The summed E-state index contributed by atoms with van der Waals surface area (Å²) in [6.45, 7) is 3.97. The second-order valence-electron chi connectivity index (χ2n) is 6.74. The second kappa shape index (κ2) is 6.06. The van der Waals surface area contributed by atoms with Gasteiger partial charge < -0.3 is 5.32 Å². The van der Waals surface area contributed by atoms with Gasteiger partial charge in [-0.05, 0) is 47.6 Å². The fraction of sp³-hybridized carbons (Fsp3) is 0.400. The van der Waals surface area contributed by atoms with Crippen molar-refractivity contribution >= 4 is 23.2 Å². The minimum Gasteiger partial charge on any atom is -0.304 e. The lowest BCUT2D eigenvalue weighted by Crippen LogP contribution is -2.50. The van der Waals surface area contributed by atoms with Gasteiger partial charge in [0, 0.05) is 11.6 Å². The number of halogens is 1. The van der Waals surface area contributed by atoms with Crippen molar-refractivity contribution in [2.75, 3.05) is 0 Å². The summed E-state index contributed by atoms with van der Waals surface area (Å²) in [5.74, 6) is 0. The molecule has 0 radical (unpaired) electrons. The first-order valence-corrected chi connectivity index (χ1v) is 8.20. The molecule has 0 bridgehead atoms. The van der Waals surface area contributed by atoms with Gasteiger partial charge in [0.15, 0.2) is 0 Å². The van der Waals surface area contributed by atoms with Gasteiger partial charge in [-0.3, -0.25) is 0 Å². The van der Waals surface area contributed by atoms with Crippen LogP contribution >= 0.6 is 12.4 Å². The van der Waals surface area contributed by atoms with Crippen molar-refractivity contribution in [1.82, 2.24) is 5.32 Å². The van der Waals surface area contributed by atoms with E-state index in [-0.39, 0.29) is 12.4 Å². The summed E-state index contributed by atoms with van der Waals surface area (Å²) in [7, 11) is 0. The van der Waals surface area contributed by atoms with Crippen LogP contribution in [-0.4, -0.2) is 5.54 Å². The van der Waals surface area contributed by atoms with Crippen LogP contribution in [0.15, 0.2) is 49.1 Å². The van der Waals surface area contributed by atoms with Gasteiger partial charge in [-0.2, -0.15) is 0 Å². The topological polar surface area (TPSA) is 12.0 Å². The first-order chi connectivity index (χ1) is 10.3. The molecule has 2 aromatic rings. The van der Waals surface area contributed by atoms with Gasteiger partial charge in [0.1, 0.15) is 0 Å². The molecule has 22 heavy (non-hydrogen) atoms. The number of hydrogen-bond acceptors (Lipinski definition) is 1. The highest BCUT2D eigenvalue weighted by Crippen LogP contribution is 2.43. The Kier molecular flexibility index (Phi) is 4.29. The van der Waals surface area contributed by atoms with Crippen molar-refractivity contribution in [2.45, 2.75) is 50.1 Å². The average Bonchev–Trinajstić information content (AvgIpc) is 2.95. The predicted octanol–water partition coefficient (Wildman–Crippen LogP) is 5.34. The summed E-state index contributed by atoms with van der Waals surface area (Å²) in [6, 6.07) is 13.9. The summed E-state index contributed by atoms with van der Waals surface area (Å²) in [6.07, 6.45) is 9.66. The van der Waals surface area contributed by atoms with E-state index < -0.39 is 0 Å². The third-order valence-corrected chi connectivity index (χ3v) is 5.41. The fourth-order valence-corrected chi connectivity index (χ4v) is 4.44. The summed E-state index contributed by atoms with van der Waals surface area (Å²) in [5.41, 5.74) is 3.41. The number of benzene rings is 2. The summed E-state index contributed by atoms with van der Waals surface area (Å²) >= 11 is 0. The van der Waals surface area contributed by atoms with Crippen LogP contribution in [0.25, 0.3) is 10.8 Å². The van der Waals surface area contributed by atoms with Crippen LogP contribution in [0.2, 0.25) is 0 Å². The van der Waals surface area contributed by atoms with Crippen molar-refractivity contribution in [3.63, 3.8) is 0 Å². The molecular formula is C20H24ClN. The van der Waals surface area contributed by atoms with Crippen LogP contribution in [0, 0.1) is 0 Å². The first kappa shape index (κ1) is 15.6. The van der Waals surface area contributed by atoms with E-state index in [0.717, 1.165) is 6.42 Å². The molecule has 1 aliphatic carbocycles. The maximum atomic E-state index is 3.98.